The number of aliphatic carboxylic acids is 1. The summed E-state index contributed by atoms with van der Waals surface area (Å²) in [6.45, 7) is 6.40. The molecule has 1 aliphatic heterocycles. The number of pyridine rings is 1. The molecule has 0 bridgehead atoms. The number of carbonyl (C=O) groups is 2. The van der Waals surface area contributed by atoms with Crippen molar-refractivity contribution in [3.63, 3.8) is 0 Å². The zero-order valence-corrected chi connectivity index (χ0v) is 13.1. The molecule has 1 saturated heterocycles. The molecule has 0 aromatic carbocycles. The molecule has 2 heterocycles. The molecule has 1 atom stereocenters. The van der Waals surface area contributed by atoms with E-state index in [1.165, 1.54) is 11.0 Å². The second kappa shape index (κ2) is 5.64. The first kappa shape index (κ1) is 15.8. The van der Waals surface area contributed by atoms with Crippen molar-refractivity contribution < 1.29 is 14.7 Å². The van der Waals surface area contributed by atoms with Crippen LogP contribution in [0.5, 0.6) is 0 Å². The highest BCUT2D eigenvalue weighted by atomic mass is 35.5. The number of halogens is 1. The molecule has 1 aromatic rings. The fourth-order valence-corrected chi connectivity index (χ4v) is 2.65. The van der Waals surface area contributed by atoms with Crippen LogP contribution in [0.1, 0.15) is 49.7 Å². The van der Waals surface area contributed by atoms with E-state index in [-0.39, 0.29) is 16.5 Å². The second-order valence-electron chi connectivity index (χ2n) is 6.31. The molecule has 0 unspecified atom stereocenters. The van der Waals surface area contributed by atoms with Gasteiger partial charge in [-0.1, -0.05) is 32.4 Å². The van der Waals surface area contributed by atoms with Crippen molar-refractivity contribution in [1.29, 1.82) is 0 Å². The average Bonchev–Trinajstić information content (AvgIpc) is 2.85. The van der Waals surface area contributed by atoms with Crippen LogP contribution in [0.3, 0.4) is 0 Å². The fourth-order valence-electron chi connectivity index (χ4n) is 2.44. The molecule has 5 nitrogen and oxygen atoms in total. The summed E-state index contributed by atoms with van der Waals surface area (Å²) >= 11 is 6.01. The van der Waals surface area contributed by atoms with Crippen LogP contribution in [-0.2, 0) is 10.2 Å². The minimum atomic E-state index is -0.961. The predicted octanol–water partition coefficient (Wildman–Crippen LogP) is 2.72. The molecule has 1 aliphatic rings. The molecule has 0 radical (unpaired) electrons. The third-order valence-electron chi connectivity index (χ3n) is 3.61. The highest BCUT2D eigenvalue weighted by Crippen LogP contribution is 2.26. The minimum Gasteiger partial charge on any atom is -0.480 e. The van der Waals surface area contributed by atoms with Gasteiger partial charge in [0.25, 0.3) is 5.91 Å². The van der Waals surface area contributed by atoms with E-state index in [9.17, 15) is 14.7 Å². The van der Waals surface area contributed by atoms with Gasteiger partial charge in [-0.2, -0.15) is 0 Å². The van der Waals surface area contributed by atoms with Crippen LogP contribution in [-0.4, -0.2) is 39.5 Å². The summed E-state index contributed by atoms with van der Waals surface area (Å²) in [5.41, 5.74) is 0.870. The Labute approximate surface area is 128 Å². The Morgan fingerprint density at radius 1 is 1.38 bits per heavy atom. The standard InChI is InChI=1S/C15H19ClN2O3/c1-15(2,3)11-7-9(8-12(16)17-11)13(19)18-6-4-5-10(18)14(20)21/h7-8,10H,4-6H2,1-3H3,(H,20,21)/t10-/m0/s1. The highest BCUT2D eigenvalue weighted by molar-refractivity contribution is 6.29. The van der Waals surface area contributed by atoms with E-state index in [4.69, 9.17) is 11.6 Å². The molecule has 1 fully saturated rings. The summed E-state index contributed by atoms with van der Waals surface area (Å²) in [4.78, 5) is 29.4. The zero-order valence-electron chi connectivity index (χ0n) is 12.4. The maximum Gasteiger partial charge on any atom is 0.326 e. The van der Waals surface area contributed by atoms with Crippen molar-refractivity contribution in [3.8, 4) is 0 Å². The topological polar surface area (TPSA) is 70.5 Å². The summed E-state index contributed by atoms with van der Waals surface area (Å²) in [6, 6.07) is 2.45. The van der Waals surface area contributed by atoms with Crippen LogP contribution in [0.15, 0.2) is 12.1 Å². The number of nitrogens with zero attached hydrogens (tertiary/aromatic N) is 2. The smallest absolute Gasteiger partial charge is 0.326 e. The monoisotopic (exact) mass is 310 g/mol. The molecule has 2 rings (SSSR count). The molecule has 1 N–H and O–H groups in total. The normalized spacial score (nSPS) is 18.9. The van der Waals surface area contributed by atoms with Gasteiger partial charge in [-0.25, -0.2) is 9.78 Å². The number of aromatic nitrogens is 1. The van der Waals surface area contributed by atoms with Crippen molar-refractivity contribution in [3.05, 3.63) is 28.5 Å². The predicted molar refractivity (Wildman–Crippen MR) is 79.6 cm³/mol. The van der Waals surface area contributed by atoms with Crippen LogP contribution < -0.4 is 0 Å². The molecule has 1 aromatic heterocycles. The van der Waals surface area contributed by atoms with Gasteiger partial charge < -0.3 is 10.0 Å². The number of carbonyl (C=O) groups excluding carboxylic acids is 1. The van der Waals surface area contributed by atoms with Crippen molar-refractivity contribution in [2.24, 2.45) is 0 Å². The first-order valence-electron chi connectivity index (χ1n) is 6.92. The lowest BCUT2D eigenvalue weighted by atomic mass is 9.90. The van der Waals surface area contributed by atoms with Crippen LogP contribution in [0, 0.1) is 0 Å². The van der Waals surface area contributed by atoms with Crippen LogP contribution in [0.25, 0.3) is 0 Å². The maximum atomic E-state index is 12.6. The van der Waals surface area contributed by atoms with E-state index in [0.29, 0.717) is 30.6 Å². The number of hydrogen-bond acceptors (Lipinski definition) is 3. The zero-order chi connectivity index (χ0) is 15.8. The molecular weight excluding hydrogens is 292 g/mol. The number of rotatable bonds is 2. The van der Waals surface area contributed by atoms with Gasteiger partial charge in [0, 0.05) is 23.2 Å². The number of hydrogen-bond donors (Lipinski definition) is 1. The molecule has 114 valence electrons. The second-order valence-corrected chi connectivity index (χ2v) is 6.70. The van der Waals surface area contributed by atoms with Gasteiger partial charge >= 0.3 is 5.97 Å². The number of likely N-dealkylation sites (tertiary alicyclic amines) is 1. The van der Waals surface area contributed by atoms with Crippen molar-refractivity contribution in [2.75, 3.05) is 6.54 Å². The molecule has 6 heteroatoms. The third kappa shape index (κ3) is 3.35. The molecule has 0 aliphatic carbocycles. The third-order valence-corrected chi connectivity index (χ3v) is 3.80. The van der Waals surface area contributed by atoms with E-state index in [0.717, 1.165) is 0 Å². The number of carboxylic acid groups (broad SMARTS) is 1. The Morgan fingerprint density at radius 2 is 2.05 bits per heavy atom. The summed E-state index contributed by atoms with van der Waals surface area (Å²) in [7, 11) is 0. The van der Waals surface area contributed by atoms with E-state index < -0.39 is 12.0 Å². The van der Waals surface area contributed by atoms with E-state index in [1.807, 2.05) is 20.8 Å². The van der Waals surface area contributed by atoms with Gasteiger partial charge in [0.15, 0.2) is 0 Å². The summed E-state index contributed by atoms with van der Waals surface area (Å²) in [6.07, 6.45) is 1.19. The molecular formula is C15H19ClN2O3. The Hall–Kier alpha value is -1.62. The molecule has 0 spiro atoms. The van der Waals surface area contributed by atoms with Crippen molar-refractivity contribution >= 4 is 23.5 Å². The molecule has 21 heavy (non-hydrogen) atoms. The largest absolute Gasteiger partial charge is 0.480 e. The summed E-state index contributed by atoms with van der Waals surface area (Å²) in [5.74, 6) is -1.26. The lowest BCUT2D eigenvalue weighted by molar-refractivity contribution is -0.141. The van der Waals surface area contributed by atoms with E-state index >= 15 is 0 Å². The SMILES string of the molecule is CC(C)(C)c1cc(C(=O)N2CCC[C@H]2C(=O)O)cc(Cl)n1. The van der Waals surface area contributed by atoms with Crippen molar-refractivity contribution in [1.82, 2.24) is 9.88 Å². The summed E-state index contributed by atoms with van der Waals surface area (Å²) < 4.78 is 0. The quantitative estimate of drug-likeness (QED) is 0.853. The van der Waals surface area contributed by atoms with Crippen LogP contribution >= 0.6 is 11.6 Å². The van der Waals surface area contributed by atoms with Gasteiger partial charge in [0.1, 0.15) is 11.2 Å². The molecule has 1 amide bonds. The first-order valence-corrected chi connectivity index (χ1v) is 7.30. The Morgan fingerprint density at radius 3 is 2.62 bits per heavy atom. The summed E-state index contributed by atoms with van der Waals surface area (Å²) in [5, 5.41) is 9.43. The van der Waals surface area contributed by atoms with Gasteiger partial charge in [0.2, 0.25) is 0 Å². The van der Waals surface area contributed by atoms with Gasteiger partial charge in [-0.15, -0.1) is 0 Å². The minimum absolute atomic E-state index is 0.239. The lowest BCUT2D eigenvalue weighted by Crippen LogP contribution is -2.40. The Balaban J connectivity index is 2.35. The highest BCUT2D eigenvalue weighted by Gasteiger charge is 2.35. The Bertz CT molecular complexity index is 581. The fraction of sp³-hybridized carbons (Fsp3) is 0.533. The lowest BCUT2D eigenvalue weighted by Gasteiger charge is -2.23. The number of carboxylic acids is 1. The number of amides is 1. The van der Waals surface area contributed by atoms with Crippen LogP contribution in [0.4, 0.5) is 0 Å². The van der Waals surface area contributed by atoms with Gasteiger partial charge in [-0.3, -0.25) is 4.79 Å². The van der Waals surface area contributed by atoms with Crippen molar-refractivity contribution in [2.45, 2.75) is 45.1 Å². The van der Waals surface area contributed by atoms with Gasteiger partial charge in [0.05, 0.1) is 0 Å². The van der Waals surface area contributed by atoms with Crippen LogP contribution in [0.2, 0.25) is 5.15 Å². The van der Waals surface area contributed by atoms with E-state index in [1.54, 1.807) is 6.07 Å². The first-order chi connectivity index (χ1) is 9.70. The Kier molecular flexibility index (Phi) is 4.23. The van der Waals surface area contributed by atoms with Gasteiger partial charge in [-0.05, 0) is 25.0 Å². The molecule has 0 saturated carbocycles. The van der Waals surface area contributed by atoms with E-state index in [2.05, 4.69) is 4.98 Å². The average molecular weight is 311 g/mol. The maximum absolute atomic E-state index is 12.6.